The number of hydrogen-bond donors (Lipinski definition) is 0. The van der Waals surface area contributed by atoms with Gasteiger partial charge in [-0.25, -0.2) is 0 Å². The van der Waals surface area contributed by atoms with Crippen LogP contribution in [0.25, 0.3) is 0 Å². The van der Waals surface area contributed by atoms with Crippen LogP contribution < -0.4 is 0 Å². The number of ether oxygens (including phenoxy) is 2. The number of alkyl halides is 9. The van der Waals surface area contributed by atoms with Gasteiger partial charge in [0.2, 0.25) is 6.29 Å². The van der Waals surface area contributed by atoms with E-state index in [1.807, 2.05) is 6.92 Å². The van der Waals surface area contributed by atoms with Gasteiger partial charge in [0.05, 0.1) is 12.0 Å². The van der Waals surface area contributed by atoms with E-state index >= 15 is 0 Å². The Bertz CT molecular complexity index is 549. The van der Waals surface area contributed by atoms with Crippen molar-refractivity contribution < 1.29 is 53.8 Å². The zero-order chi connectivity index (χ0) is 22.7. The molecule has 29 heavy (non-hydrogen) atoms. The summed E-state index contributed by atoms with van der Waals surface area (Å²) < 4.78 is 130. The maximum atomic E-state index is 14.3. The van der Waals surface area contributed by atoms with E-state index < -0.39 is 54.5 Å². The predicted octanol–water partition coefficient (Wildman–Crippen LogP) is 5.76. The molecule has 0 radical (unpaired) electrons. The molecule has 0 saturated carbocycles. The molecule has 0 aliphatic carbocycles. The van der Waals surface area contributed by atoms with E-state index in [2.05, 4.69) is 0 Å². The molecule has 0 amide bonds. The molecule has 0 aromatic carbocycles. The molecule has 1 rings (SSSR count). The minimum absolute atomic E-state index is 0.0324. The molecular weight excluding hydrogens is 423 g/mol. The molecule has 3 nitrogen and oxygen atoms in total. The molecular formula is C17H23F9O3. The molecule has 1 saturated heterocycles. The van der Waals surface area contributed by atoms with Crippen LogP contribution in [-0.2, 0) is 14.3 Å². The van der Waals surface area contributed by atoms with Gasteiger partial charge in [-0.3, -0.25) is 4.79 Å². The zero-order valence-corrected chi connectivity index (χ0v) is 15.8. The molecule has 0 aromatic rings. The van der Waals surface area contributed by atoms with Crippen molar-refractivity contribution in [3.05, 3.63) is 0 Å². The van der Waals surface area contributed by atoms with Crippen molar-refractivity contribution in [3.63, 3.8) is 0 Å². The lowest BCUT2D eigenvalue weighted by Gasteiger charge is -2.41. The molecule has 0 N–H and O–H groups in total. The Kier molecular flexibility index (Phi) is 8.43. The van der Waals surface area contributed by atoms with Crippen LogP contribution in [0.15, 0.2) is 0 Å². The second-order valence-corrected chi connectivity index (χ2v) is 6.85. The first-order valence-electron chi connectivity index (χ1n) is 9.16. The van der Waals surface area contributed by atoms with Crippen LogP contribution in [0.2, 0.25) is 0 Å². The Labute approximate surface area is 161 Å². The third-order valence-electron chi connectivity index (χ3n) is 4.69. The first-order valence-corrected chi connectivity index (χ1v) is 9.16. The molecule has 0 aromatic heterocycles. The third kappa shape index (κ3) is 5.18. The van der Waals surface area contributed by atoms with Gasteiger partial charge in [-0.05, 0) is 19.8 Å². The standard InChI is InChI=1S/C17H23F9O3/c1-3-5-6-7-8-10-9-11(12(27)13(29-10)28-4-2)14(18,19)15(20,21)16(22,23)17(24,25)26/h10-11,13H,3-9H2,1-2H3/t10?,11?,13-/m1/s1. The fraction of sp³-hybridized carbons (Fsp3) is 0.941. The second kappa shape index (κ2) is 9.40. The highest BCUT2D eigenvalue weighted by Crippen LogP contribution is 2.56. The van der Waals surface area contributed by atoms with Gasteiger partial charge in [-0.1, -0.05) is 32.6 Å². The summed E-state index contributed by atoms with van der Waals surface area (Å²) in [7, 11) is 0. The summed E-state index contributed by atoms with van der Waals surface area (Å²) in [5.41, 5.74) is 0. The molecule has 172 valence electrons. The average molecular weight is 446 g/mol. The number of Topliss-reactive ketones (excluding diaryl/α,β-unsaturated/α-hetero) is 1. The van der Waals surface area contributed by atoms with E-state index in [0.717, 1.165) is 12.8 Å². The van der Waals surface area contributed by atoms with Crippen molar-refractivity contribution in [2.24, 2.45) is 5.92 Å². The highest BCUT2D eigenvalue weighted by Gasteiger charge is 2.83. The molecule has 3 atom stereocenters. The van der Waals surface area contributed by atoms with Crippen LogP contribution >= 0.6 is 0 Å². The van der Waals surface area contributed by atoms with Gasteiger partial charge >= 0.3 is 23.9 Å². The summed E-state index contributed by atoms with van der Waals surface area (Å²) in [6.45, 7) is 2.97. The SMILES string of the molecule is CCCCCCC1CC(C(F)(F)C(F)(F)C(F)(F)C(F)(F)F)C(=O)[C@H](OCC)O1. The van der Waals surface area contributed by atoms with E-state index in [1.54, 1.807) is 0 Å². The Morgan fingerprint density at radius 1 is 0.931 bits per heavy atom. The fourth-order valence-corrected chi connectivity index (χ4v) is 3.03. The molecule has 12 heteroatoms. The van der Waals surface area contributed by atoms with Crippen LogP contribution in [-0.4, -0.2) is 48.7 Å². The number of carbonyl (C=O) groups excluding carboxylic acids is 1. The second-order valence-electron chi connectivity index (χ2n) is 6.85. The predicted molar refractivity (Wildman–Crippen MR) is 83.1 cm³/mol. The summed E-state index contributed by atoms with van der Waals surface area (Å²) in [5, 5.41) is 0. The maximum Gasteiger partial charge on any atom is 0.460 e. The smallest absolute Gasteiger partial charge is 0.346 e. The number of halogens is 9. The fourth-order valence-electron chi connectivity index (χ4n) is 3.03. The number of rotatable bonds is 10. The monoisotopic (exact) mass is 446 g/mol. The molecule has 0 bridgehead atoms. The van der Waals surface area contributed by atoms with Crippen molar-refractivity contribution in [2.75, 3.05) is 6.61 Å². The molecule has 0 spiro atoms. The molecule has 1 aliphatic rings. The largest absolute Gasteiger partial charge is 0.460 e. The molecule has 1 heterocycles. The number of ketones is 1. The topological polar surface area (TPSA) is 35.5 Å². The summed E-state index contributed by atoms with van der Waals surface area (Å²) >= 11 is 0. The molecule has 2 unspecified atom stereocenters. The van der Waals surface area contributed by atoms with Crippen LogP contribution in [0, 0.1) is 5.92 Å². The van der Waals surface area contributed by atoms with E-state index in [9.17, 15) is 44.3 Å². The van der Waals surface area contributed by atoms with Crippen molar-refractivity contribution in [1.82, 2.24) is 0 Å². The van der Waals surface area contributed by atoms with E-state index in [-0.39, 0.29) is 13.0 Å². The van der Waals surface area contributed by atoms with Crippen molar-refractivity contribution in [3.8, 4) is 0 Å². The van der Waals surface area contributed by atoms with Gasteiger partial charge in [0.15, 0.2) is 5.78 Å². The average Bonchev–Trinajstić information content (AvgIpc) is 2.59. The van der Waals surface area contributed by atoms with Crippen LogP contribution in [0.3, 0.4) is 0 Å². The van der Waals surface area contributed by atoms with Crippen LogP contribution in [0.1, 0.15) is 52.4 Å². The van der Waals surface area contributed by atoms with Crippen molar-refractivity contribution in [1.29, 1.82) is 0 Å². The quantitative estimate of drug-likeness (QED) is 0.316. The maximum absolute atomic E-state index is 14.3. The highest BCUT2D eigenvalue weighted by molar-refractivity contribution is 5.86. The lowest BCUT2D eigenvalue weighted by molar-refractivity contribution is -0.403. The molecule has 1 aliphatic heterocycles. The Balaban J connectivity index is 3.18. The van der Waals surface area contributed by atoms with Crippen molar-refractivity contribution >= 4 is 5.78 Å². The number of carbonyl (C=O) groups is 1. The molecule has 1 fully saturated rings. The lowest BCUT2D eigenvalue weighted by Crippen LogP contribution is -2.65. The van der Waals surface area contributed by atoms with E-state index in [0.29, 0.717) is 12.8 Å². The highest BCUT2D eigenvalue weighted by atomic mass is 19.4. The summed E-state index contributed by atoms with van der Waals surface area (Å²) in [6, 6.07) is 0. The van der Waals surface area contributed by atoms with E-state index in [4.69, 9.17) is 9.47 Å². The Hall–Kier alpha value is -1.04. The summed E-state index contributed by atoms with van der Waals surface area (Å²) in [6.07, 6.45) is -8.67. The minimum Gasteiger partial charge on any atom is -0.346 e. The van der Waals surface area contributed by atoms with Gasteiger partial charge in [-0.2, -0.15) is 39.5 Å². The Morgan fingerprint density at radius 2 is 1.52 bits per heavy atom. The van der Waals surface area contributed by atoms with Gasteiger partial charge in [0, 0.05) is 6.61 Å². The normalized spacial score (nSPS) is 24.8. The first-order chi connectivity index (χ1) is 13.1. The van der Waals surface area contributed by atoms with Gasteiger partial charge in [-0.15, -0.1) is 0 Å². The summed E-state index contributed by atoms with van der Waals surface area (Å²) in [4.78, 5) is 12.1. The van der Waals surface area contributed by atoms with Gasteiger partial charge < -0.3 is 9.47 Å². The zero-order valence-electron chi connectivity index (χ0n) is 15.8. The third-order valence-corrected chi connectivity index (χ3v) is 4.69. The number of unbranched alkanes of at least 4 members (excludes halogenated alkanes) is 3. The summed E-state index contributed by atoms with van der Waals surface area (Å²) in [5.74, 6) is -24.8. The van der Waals surface area contributed by atoms with Crippen molar-refractivity contribution in [2.45, 2.75) is 88.7 Å². The van der Waals surface area contributed by atoms with E-state index in [1.165, 1.54) is 6.92 Å². The van der Waals surface area contributed by atoms with Gasteiger partial charge in [0.1, 0.15) is 0 Å². The van der Waals surface area contributed by atoms with Crippen LogP contribution in [0.4, 0.5) is 39.5 Å². The lowest BCUT2D eigenvalue weighted by atomic mass is 9.81. The van der Waals surface area contributed by atoms with Crippen LogP contribution in [0.5, 0.6) is 0 Å². The first kappa shape index (κ1) is 26.0. The number of hydrogen-bond acceptors (Lipinski definition) is 3. The van der Waals surface area contributed by atoms with Gasteiger partial charge in [0.25, 0.3) is 0 Å². The minimum atomic E-state index is -7.04. The Morgan fingerprint density at radius 3 is 2.00 bits per heavy atom.